The van der Waals surface area contributed by atoms with Crippen LogP contribution in [-0.2, 0) is 0 Å². The molecule has 4 heteroatoms. The first kappa shape index (κ1) is 8.44. The summed E-state index contributed by atoms with van der Waals surface area (Å²) in [5.41, 5.74) is 0.324. The second-order valence-corrected chi connectivity index (χ2v) is 2.93. The van der Waals surface area contributed by atoms with Crippen LogP contribution in [0.2, 0.25) is 0 Å². The van der Waals surface area contributed by atoms with Crippen molar-refractivity contribution in [1.29, 1.82) is 0 Å². The van der Waals surface area contributed by atoms with E-state index in [0.717, 1.165) is 6.07 Å². The van der Waals surface area contributed by atoms with Gasteiger partial charge in [-0.2, -0.15) is 4.39 Å². The monoisotopic (exact) mass is 186 g/mol. The fourth-order valence-corrected chi connectivity index (χ4v) is 1.38. The lowest BCUT2D eigenvalue weighted by Gasteiger charge is -2.22. The summed E-state index contributed by atoms with van der Waals surface area (Å²) in [5.74, 6) is -2.12. The quantitative estimate of drug-likeness (QED) is 0.669. The molecule has 0 saturated carbocycles. The molecule has 1 heterocycles. The van der Waals surface area contributed by atoms with Gasteiger partial charge in [0, 0.05) is 12.0 Å². The van der Waals surface area contributed by atoms with Crippen LogP contribution in [0, 0.1) is 11.6 Å². The first-order valence-electron chi connectivity index (χ1n) is 3.99. The van der Waals surface area contributed by atoms with Gasteiger partial charge in [0.2, 0.25) is 5.82 Å². The summed E-state index contributed by atoms with van der Waals surface area (Å²) < 4.78 is 30.7. The Morgan fingerprint density at radius 2 is 2.15 bits per heavy atom. The molecule has 1 aromatic rings. The number of benzene rings is 1. The molecule has 13 heavy (non-hydrogen) atoms. The van der Waals surface area contributed by atoms with Crippen molar-refractivity contribution < 1.29 is 18.6 Å². The first-order chi connectivity index (χ1) is 6.20. The molecular formula is C9H8F2O2. The van der Waals surface area contributed by atoms with Gasteiger partial charge in [-0.3, -0.25) is 0 Å². The molecule has 1 N–H and O–H groups in total. The molecule has 0 saturated heterocycles. The van der Waals surface area contributed by atoms with E-state index in [0.29, 0.717) is 12.0 Å². The van der Waals surface area contributed by atoms with E-state index in [4.69, 9.17) is 4.74 Å². The third-order valence-electron chi connectivity index (χ3n) is 2.08. The summed E-state index contributed by atoms with van der Waals surface area (Å²) >= 11 is 0. The second kappa shape index (κ2) is 2.96. The zero-order valence-electron chi connectivity index (χ0n) is 6.76. The highest BCUT2D eigenvalue weighted by Crippen LogP contribution is 2.34. The number of halogens is 2. The van der Waals surface area contributed by atoms with E-state index in [1.54, 1.807) is 0 Å². The molecule has 0 aromatic heterocycles. The van der Waals surface area contributed by atoms with Gasteiger partial charge in [0.25, 0.3) is 0 Å². The maximum atomic E-state index is 13.0. The molecule has 0 bridgehead atoms. The van der Waals surface area contributed by atoms with Crippen LogP contribution >= 0.6 is 0 Å². The number of aliphatic hydroxyl groups is 1. The number of aliphatic hydroxyl groups excluding tert-OH is 1. The van der Waals surface area contributed by atoms with E-state index >= 15 is 0 Å². The van der Waals surface area contributed by atoms with Crippen molar-refractivity contribution in [2.75, 3.05) is 6.61 Å². The smallest absolute Gasteiger partial charge is 0.200 e. The molecule has 70 valence electrons. The molecule has 1 atom stereocenters. The Kier molecular flexibility index (Phi) is 1.92. The van der Waals surface area contributed by atoms with Crippen LogP contribution in [0.25, 0.3) is 0 Å². The van der Waals surface area contributed by atoms with Crippen molar-refractivity contribution in [2.45, 2.75) is 12.5 Å². The first-order valence-corrected chi connectivity index (χ1v) is 3.99. The third kappa shape index (κ3) is 1.27. The lowest BCUT2D eigenvalue weighted by atomic mass is 10.0. The zero-order chi connectivity index (χ0) is 9.42. The van der Waals surface area contributed by atoms with Gasteiger partial charge in [0.15, 0.2) is 11.6 Å². The Morgan fingerprint density at radius 1 is 1.38 bits per heavy atom. The van der Waals surface area contributed by atoms with E-state index in [9.17, 15) is 13.9 Å². The number of hydrogen-bond donors (Lipinski definition) is 1. The molecule has 0 unspecified atom stereocenters. The van der Waals surface area contributed by atoms with Gasteiger partial charge in [0.1, 0.15) is 0 Å². The van der Waals surface area contributed by atoms with Gasteiger partial charge in [-0.1, -0.05) is 0 Å². The number of rotatable bonds is 0. The SMILES string of the molecule is O[C@@H]1CCOc2c1ccc(F)c2F. The van der Waals surface area contributed by atoms with Gasteiger partial charge in [-0.05, 0) is 12.1 Å². The fourth-order valence-electron chi connectivity index (χ4n) is 1.38. The van der Waals surface area contributed by atoms with Gasteiger partial charge >= 0.3 is 0 Å². The summed E-state index contributed by atoms with van der Waals surface area (Å²) in [5, 5.41) is 9.41. The average Bonchev–Trinajstić information content (AvgIpc) is 2.12. The molecule has 0 fully saturated rings. The predicted octanol–water partition coefficient (Wildman–Crippen LogP) is 1.78. The van der Waals surface area contributed by atoms with Crippen molar-refractivity contribution in [2.24, 2.45) is 0 Å². The fraction of sp³-hybridized carbons (Fsp3) is 0.333. The van der Waals surface area contributed by atoms with Crippen LogP contribution in [0.1, 0.15) is 18.1 Å². The average molecular weight is 186 g/mol. The Bertz CT molecular complexity index is 339. The van der Waals surface area contributed by atoms with Crippen molar-refractivity contribution in [3.63, 3.8) is 0 Å². The van der Waals surface area contributed by atoms with Gasteiger partial charge in [-0.15, -0.1) is 0 Å². The summed E-state index contributed by atoms with van der Waals surface area (Å²) in [4.78, 5) is 0. The van der Waals surface area contributed by atoms with Crippen LogP contribution in [0.4, 0.5) is 8.78 Å². The van der Waals surface area contributed by atoms with Crippen molar-refractivity contribution >= 4 is 0 Å². The van der Waals surface area contributed by atoms with Crippen LogP contribution in [-0.4, -0.2) is 11.7 Å². The van der Waals surface area contributed by atoms with Crippen LogP contribution < -0.4 is 4.74 Å². The number of fused-ring (bicyclic) bond motifs is 1. The maximum absolute atomic E-state index is 13.0. The van der Waals surface area contributed by atoms with E-state index in [1.165, 1.54) is 6.07 Å². The van der Waals surface area contributed by atoms with Gasteiger partial charge < -0.3 is 9.84 Å². The zero-order valence-corrected chi connectivity index (χ0v) is 6.76. The van der Waals surface area contributed by atoms with Gasteiger partial charge in [-0.25, -0.2) is 4.39 Å². The van der Waals surface area contributed by atoms with E-state index < -0.39 is 17.7 Å². The number of ether oxygens (including phenoxy) is 1. The van der Waals surface area contributed by atoms with Crippen LogP contribution in [0.3, 0.4) is 0 Å². The molecular weight excluding hydrogens is 178 g/mol. The maximum Gasteiger partial charge on any atom is 0.200 e. The second-order valence-electron chi connectivity index (χ2n) is 2.93. The molecule has 2 nitrogen and oxygen atoms in total. The lowest BCUT2D eigenvalue weighted by molar-refractivity contribution is 0.111. The highest BCUT2D eigenvalue weighted by Gasteiger charge is 2.24. The summed E-state index contributed by atoms with van der Waals surface area (Å²) in [6, 6.07) is 2.34. The van der Waals surface area contributed by atoms with Crippen molar-refractivity contribution in [3.05, 3.63) is 29.3 Å². The Labute approximate surface area is 73.8 Å². The summed E-state index contributed by atoms with van der Waals surface area (Å²) in [6.07, 6.45) is -0.336. The normalized spacial score (nSPS) is 20.7. The highest BCUT2D eigenvalue weighted by molar-refractivity contribution is 5.38. The molecule has 2 rings (SSSR count). The molecule has 1 aliphatic rings. The highest BCUT2D eigenvalue weighted by atomic mass is 19.2. The van der Waals surface area contributed by atoms with E-state index in [2.05, 4.69) is 0 Å². The molecule has 1 aliphatic heterocycles. The van der Waals surface area contributed by atoms with Crippen LogP contribution in [0.15, 0.2) is 12.1 Å². The Hall–Kier alpha value is -1.16. The summed E-state index contributed by atoms with van der Waals surface area (Å²) in [6.45, 7) is 0.217. The largest absolute Gasteiger partial charge is 0.490 e. The molecule has 0 aliphatic carbocycles. The van der Waals surface area contributed by atoms with Crippen molar-refractivity contribution in [3.8, 4) is 5.75 Å². The van der Waals surface area contributed by atoms with E-state index in [-0.39, 0.29) is 12.4 Å². The standard InChI is InChI=1S/C9H8F2O2/c10-6-2-1-5-7(12)3-4-13-9(5)8(6)11/h1-2,7,12H,3-4H2/t7-/m1/s1. The molecule has 0 amide bonds. The Balaban J connectivity index is 2.56. The third-order valence-corrected chi connectivity index (χ3v) is 2.08. The lowest BCUT2D eigenvalue weighted by Crippen LogP contribution is -2.15. The Morgan fingerprint density at radius 3 is 2.92 bits per heavy atom. The topological polar surface area (TPSA) is 29.5 Å². The van der Waals surface area contributed by atoms with Crippen LogP contribution in [0.5, 0.6) is 5.75 Å². The minimum atomic E-state index is -1.02. The van der Waals surface area contributed by atoms with Crippen molar-refractivity contribution in [1.82, 2.24) is 0 Å². The minimum absolute atomic E-state index is 0.154. The molecule has 0 spiro atoms. The molecule has 0 radical (unpaired) electrons. The number of hydrogen-bond acceptors (Lipinski definition) is 2. The van der Waals surface area contributed by atoms with Gasteiger partial charge in [0.05, 0.1) is 12.7 Å². The predicted molar refractivity (Wildman–Crippen MR) is 41.4 cm³/mol. The summed E-state index contributed by atoms with van der Waals surface area (Å²) in [7, 11) is 0. The minimum Gasteiger partial charge on any atom is -0.490 e. The van der Waals surface area contributed by atoms with E-state index in [1.807, 2.05) is 0 Å². The molecule has 1 aromatic carbocycles.